The molecule has 0 bridgehead atoms. The van der Waals surface area contributed by atoms with Gasteiger partial charge >= 0.3 is 23.9 Å². The highest BCUT2D eigenvalue weighted by atomic mass is 16.8. The van der Waals surface area contributed by atoms with Gasteiger partial charge in [0.2, 0.25) is 0 Å². The Morgan fingerprint density at radius 1 is 0.966 bits per heavy atom. The highest BCUT2D eigenvalue weighted by Crippen LogP contribution is 2.39. The van der Waals surface area contributed by atoms with Gasteiger partial charge in [0, 0.05) is 31.8 Å². The van der Waals surface area contributed by atoms with E-state index in [9.17, 15) is 14.4 Å². The number of amides is 1. The molecule has 0 aliphatic carbocycles. The number of cyclic esters (lactones) is 1. The van der Waals surface area contributed by atoms with Crippen LogP contribution in [-0.2, 0) is 28.5 Å². The molecule has 9 nitrogen and oxygen atoms in total. The number of esters is 2. The molecule has 1 aromatic rings. The van der Waals surface area contributed by atoms with Crippen LogP contribution in [0, 0.1) is 0 Å². The molecule has 154 valence electrons. The number of ether oxygens (including phenoxy) is 4. The summed E-state index contributed by atoms with van der Waals surface area (Å²) in [6.07, 6.45) is 1.78. The van der Waals surface area contributed by atoms with Gasteiger partial charge in [0.15, 0.2) is 6.61 Å². The number of hydrogen-bond donors (Lipinski definition) is 0. The lowest BCUT2D eigenvalue weighted by Gasteiger charge is -2.38. The summed E-state index contributed by atoms with van der Waals surface area (Å²) in [6, 6.07) is 8.82. The van der Waals surface area contributed by atoms with E-state index in [1.54, 1.807) is 0 Å². The topological polar surface area (TPSA) is 94.6 Å². The van der Waals surface area contributed by atoms with Crippen molar-refractivity contribution in [3.63, 3.8) is 0 Å². The summed E-state index contributed by atoms with van der Waals surface area (Å²) in [4.78, 5) is 40.3. The zero-order chi connectivity index (χ0) is 20.3. The molecule has 2 saturated heterocycles. The minimum Gasteiger partial charge on any atom is -0.438 e. The molecule has 3 heterocycles. The first-order chi connectivity index (χ1) is 14.1. The molecule has 9 heteroatoms. The van der Waals surface area contributed by atoms with Crippen molar-refractivity contribution in [3.05, 3.63) is 48.0 Å². The maximum absolute atomic E-state index is 12.7. The molecule has 1 atom stereocenters. The largest absolute Gasteiger partial charge is 0.438 e. The molecule has 1 unspecified atom stereocenters. The van der Waals surface area contributed by atoms with Gasteiger partial charge in [0.1, 0.15) is 0 Å². The lowest BCUT2D eigenvalue weighted by Crippen LogP contribution is -2.54. The quantitative estimate of drug-likeness (QED) is 0.679. The normalized spacial score (nSPS) is 22.8. The number of carbonyl (C=O) groups is 3. The summed E-state index contributed by atoms with van der Waals surface area (Å²) in [7, 11) is 0. The average molecular weight is 402 g/mol. The molecule has 4 rings (SSSR count). The second-order valence-electron chi connectivity index (χ2n) is 6.98. The van der Waals surface area contributed by atoms with E-state index in [1.165, 1.54) is 4.90 Å². The first-order valence-corrected chi connectivity index (χ1v) is 9.52. The Kier molecular flexibility index (Phi) is 5.50. The fourth-order valence-corrected chi connectivity index (χ4v) is 3.74. The molecule has 0 aromatic heterocycles. The van der Waals surface area contributed by atoms with Crippen molar-refractivity contribution in [2.75, 3.05) is 39.5 Å². The van der Waals surface area contributed by atoms with Gasteiger partial charge in [-0.25, -0.2) is 19.3 Å². The molecule has 0 N–H and O–H groups in total. The van der Waals surface area contributed by atoms with E-state index >= 15 is 0 Å². The van der Waals surface area contributed by atoms with Crippen LogP contribution in [0.3, 0.4) is 0 Å². The fourth-order valence-electron chi connectivity index (χ4n) is 3.74. The lowest BCUT2D eigenvalue weighted by molar-refractivity contribution is -0.266. The van der Waals surface area contributed by atoms with E-state index in [0.717, 1.165) is 30.8 Å². The van der Waals surface area contributed by atoms with Crippen LogP contribution in [0.2, 0.25) is 0 Å². The van der Waals surface area contributed by atoms with E-state index in [-0.39, 0.29) is 6.61 Å². The van der Waals surface area contributed by atoms with Gasteiger partial charge in [-0.1, -0.05) is 30.3 Å². The Bertz CT molecular complexity index is 784. The molecule has 0 radical (unpaired) electrons. The minimum absolute atomic E-state index is 0.383. The molecule has 3 aliphatic heterocycles. The smallest absolute Gasteiger partial charge is 0.416 e. The Hall–Kier alpha value is -2.91. The number of carbonyl (C=O) groups excluding carboxylic acids is 3. The van der Waals surface area contributed by atoms with Crippen LogP contribution in [0.5, 0.6) is 0 Å². The Morgan fingerprint density at radius 2 is 1.62 bits per heavy atom. The van der Waals surface area contributed by atoms with E-state index in [2.05, 4.69) is 4.90 Å². The van der Waals surface area contributed by atoms with Crippen LogP contribution < -0.4 is 0 Å². The number of morpholine rings is 1. The van der Waals surface area contributed by atoms with Gasteiger partial charge in [-0.3, -0.25) is 4.90 Å². The van der Waals surface area contributed by atoms with Crippen molar-refractivity contribution in [1.29, 1.82) is 0 Å². The fraction of sp³-hybridized carbons (Fsp3) is 0.450. The Balaban J connectivity index is 1.64. The van der Waals surface area contributed by atoms with Crippen molar-refractivity contribution in [2.24, 2.45) is 0 Å². The number of hydrogen-bond acceptors (Lipinski definition) is 8. The summed E-state index contributed by atoms with van der Waals surface area (Å²) >= 11 is 0. The van der Waals surface area contributed by atoms with Gasteiger partial charge in [-0.15, -0.1) is 0 Å². The molecular weight excluding hydrogens is 380 g/mol. The van der Waals surface area contributed by atoms with Crippen molar-refractivity contribution in [1.82, 2.24) is 9.80 Å². The molecule has 1 amide bonds. The van der Waals surface area contributed by atoms with Crippen LogP contribution in [0.1, 0.15) is 18.0 Å². The third-order valence-electron chi connectivity index (χ3n) is 5.14. The molecular formula is C20H22N2O7. The predicted molar refractivity (Wildman–Crippen MR) is 98.3 cm³/mol. The monoisotopic (exact) mass is 402 g/mol. The van der Waals surface area contributed by atoms with E-state index in [1.807, 2.05) is 30.3 Å². The second kappa shape index (κ2) is 8.22. The second-order valence-corrected chi connectivity index (χ2v) is 6.98. The van der Waals surface area contributed by atoms with Crippen LogP contribution in [-0.4, -0.2) is 73.2 Å². The van der Waals surface area contributed by atoms with Crippen LogP contribution in [0.15, 0.2) is 42.5 Å². The molecule has 0 saturated carbocycles. The zero-order valence-corrected chi connectivity index (χ0v) is 15.8. The SMILES string of the molecule is O=C1C=CC(=O)OC2(COC(=O)N2C(CCN2CCOCC2)c2ccccc2)O1. The van der Waals surface area contributed by atoms with Crippen molar-refractivity contribution in [3.8, 4) is 0 Å². The average Bonchev–Trinajstić information content (AvgIpc) is 2.95. The Morgan fingerprint density at radius 3 is 2.28 bits per heavy atom. The standard InChI is InChI=1S/C20H22N2O7/c23-17-6-7-18(24)29-20(28-17)14-27-19(25)22(20)16(15-4-2-1-3-5-15)8-9-21-10-12-26-13-11-21/h1-7,16H,8-14H2. The van der Waals surface area contributed by atoms with Gasteiger partial charge in [0.25, 0.3) is 0 Å². The summed E-state index contributed by atoms with van der Waals surface area (Å²) in [6.45, 7) is 3.21. The van der Waals surface area contributed by atoms with E-state index in [0.29, 0.717) is 26.2 Å². The number of nitrogens with zero attached hydrogens (tertiary/aromatic N) is 2. The summed E-state index contributed by atoms with van der Waals surface area (Å²) < 4.78 is 21.3. The first-order valence-electron chi connectivity index (χ1n) is 9.52. The number of benzene rings is 1. The van der Waals surface area contributed by atoms with Gasteiger partial charge in [-0.05, 0) is 12.0 Å². The maximum atomic E-state index is 12.7. The molecule has 3 aliphatic rings. The van der Waals surface area contributed by atoms with Gasteiger partial charge in [0.05, 0.1) is 19.3 Å². The molecule has 2 fully saturated rings. The molecule has 1 spiro atoms. The summed E-state index contributed by atoms with van der Waals surface area (Å²) in [5.41, 5.74) is 0.822. The lowest BCUT2D eigenvalue weighted by atomic mass is 10.0. The highest BCUT2D eigenvalue weighted by molar-refractivity contribution is 5.93. The summed E-state index contributed by atoms with van der Waals surface area (Å²) in [5.74, 6) is -3.49. The maximum Gasteiger partial charge on any atom is 0.416 e. The highest BCUT2D eigenvalue weighted by Gasteiger charge is 2.58. The van der Waals surface area contributed by atoms with Gasteiger partial charge in [-0.2, -0.15) is 0 Å². The van der Waals surface area contributed by atoms with E-state index in [4.69, 9.17) is 18.9 Å². The minimum atomic E-state index is -1.93. The first kappa shape index (κ1) is 19.4. The van der Waals surface area contributed by atoms with Crippen LogP contribution in [0.25, 0.3) is 0 Å². The van der Waals surface area contributed by atoms with E-state index < -0.39 is 30.0 Å². The molecule has 1 aromatic carbocycles. The van der Waals surface area contributed by atoms with Crippen LogP contribution >= 0.6 is 0 Å². The zero-order valence-electron chi connectivity index (χ0n) is 15.8. The van der Waals surface area contributed by atoms with Crippen molar-refractivity contribution >= 4 is 18.0 Å². The number of rotatable bonds is 5. The molecule has 29 heavy (non-hydrogen) atoms. The van der Waals surface area contributed by atoms with Crippen molar-refractivity contribution in [2.45, 2.75) is 18.4 Å². The van der Waals surface area contributed by atoms with Crippen LogP contribution in [0.4, 0.5) is 4.79 Å². The predicted octanol–water partition coefficient (Wildman–Crippen LogP) is 1.21. The third-order valence-corrected chi connectivity index (χ3v) is 5.14. The van der Waals surface area contributed by atoms with Crippen molar-refractivity contribution < 1.29 is 33.3 Å². The Labute approximate surface area is 167 Å². The summed E-state index contributed by atoms with van der Waals surface area (Å²) in [5, 5.41) is 0. The van der Waals surface area contributed by atoms with Gasteiger partial charge < -0.3 is 18.9 Å². The third kappa shape index (κ3) is 4.10.